The van der Waals surface area contributed by atoms with Crippen LogP contribution in [-0.2, 0) is 11.8 Å². The minimum absolute atomic E-state index is 1.12. The lowest BCUT2D eigenvalue weighted by Crippen LogP contribution is -1.69. The highest BCUT2D eigenvalue weighted by Crippen LogP contribution is 2.55. The van der Waals surface area contributed by atoms with Gasteiger partial charge in [-0.05, 0) is 22.8 Å². The van der Waals surface area contributed by atoms with Crippen molar-refractivity contribution in [3.63, 3.8) is 0 Å². The summed E-state index contributed by atoms with van der Waals surface area (Å²) in [6.45, 7) is 0. The first-order valence-electron chi connectivity index (χ1n) is 5.93. The highest BCUT2D eigenvalue weighted by atomic mass is 35.7. The first-order valence-corrected chi connectivity index (χ1v) is 9.78. The van der Waals surface area contributed by atoms with Crippen LogP contribution in [0.2, 0.25) is 0 Å². The summed E-state index contributed by atoms with van der Waals surface area (Å²) in [5.41, 5.74) is 2.23. The van der Waals surface area contributed by atoms with E-state index < -0.39 is 5.39 Å². The van der Waals surface area contributed by atoms with Gasteiger partial charge in [-0.25, -0.2) is 0 Å². The van der Waals surface area contributed by atoms with Crippen molar-refractivity contribution < 1.29 is 0 Å². The molecule has 0 saturated carbocycles. The summed E-state index contributed by atoms with van der Waals surface area (Å²) in [7, 11) is 0. The molecule has 0 bridgehead atoms. The monoisotopic (exact) mass is 304 g/mol. The van der Waals surface area contributed by atoms with Crippen molar-refractivity contribution in [2.24, 2.45) is 0 Å². The van der Waals surface area contributed by atoms with E-state index in [1.165, 1.54) is 0 Å². The topological polar surface area (TPSA) is 0 Å². The number of rotatable bonds is 4. The van der Waals surface area contributed by atoms with E-state index >= 15 is 0 Å². The molecule has 0 unspecified atom stereocenters. The third kappa shape index (κ3) is 5.16. The van der Waals surface area contributed by atoms with Gasteiger partial charge in [0.05, 0.1) is 5.39 Å². The number of hydrogen-bond donors (Lipinski definition) is 0. The van der Waals surface area contributed by atoms with Gasteiger partial charge in [-0.2, -0.15) is 0 Å². The Labute approximate surface area is 124 Å². The zero-order chi connectivity index (χ0) is 13.6. The summed E-state index contributed by atoms with van der Waals surface area (Å²) in [5.74, 6) is 3.86. The van der Waals surface area contributed by atoms with Crippen LogP contribution in [0.25, 0.3) is 12.2 Å². The highest BCUT2D eigenvalue weighted by molar-refractivity contribution is 8.30. The van der Waals surface area contributed by atoms with E-state index in [0.29, 0.717) is 0 Å². The van der Waals surface area contributed by atoms with Crippen molar-refractivity contribution in [3.8, 4) is 0 Å². The van der Waals surface area contributed by atoms with E-state index in [-0.39, 0.29) is 0 Å². The van der Waals surface area contributed by atoms with E-state index in [4.69, 9.17) is 23.0 Å². The maximum absolute atomic E-state index is 6.39. The Morgan fingerprint density at radius 2 is 1.11 bits per heavy atom. The molecule has 0 aliphatic rings. The van der Waals surface area contributed by atoms with Crippen LogP contribution in [0.4, 0.5) is 0 Å². The molecular formula is C16H14ClPS. The van der Waals surface area contributed by atoms with Crippen molar-refractivity contribution >= 4 is 40.6 Å². The maximum Gasteiger partial charge on any atom is 0.0794 e. The Morgan fingerprint density at radius 3 is 1.47 bits per heavy atom. The molecule has 2 rings (SSSR count). The summed E-state index contributed by atoms with van der Waals surface area (Å²) in [5, 5.41) is -2.08. The van der Waals surface area contributed by atoms with Crippen molar-refractivity contribution in [3.05, 3.63) is 83.4 Å². The van der Waals surface area contributed by atoms with Gasteiger partial charge in [0.15, 0.2) is 0 Å². The Hall–Kier alpha value is -1.14. The molecule has 0 fully saturated rings. The molecule has 0 atom stereocenters. The third-order valence-corrected chi connectivity index (χ3v) is 5.06. The van der Waals surface area contributed by atoms with Gasteiger partial charge in [0.25, 0.3) is 0 Å². The second-order valence-corrected chi connectivity index (χ2v) is 10.0. The molecule has 19 heavy (non-hydrogen) atoms. The van der Waals surface area contributed by atoms with Crippen LogP contribution in [0.3, 0.4) is 0 Å². The van der Waals surface area contributed by atoms with Gasteiger partial charge >= 0.3 is 0 Å². The molecule has 0 spiro atoms. The zero-order valence-corrected chi connectivity index (χ0v) is 12.8. The largest absolute Gasteiger partial charge is 0.0794 e. The van der Waals surface area contributed by atoms with Crippen molar-refractivity contribution in [1.82, 2.24) is 0 Å². The second kappa shape index (κ2) is 6.86. The number of halogens is 1. The van der Waals surface area contributed by atoms with E-state index in [9.17, 15) is 0 Å². The molecule has 0 heterocycles. The standard InChI is InChI=1S/C16H14ClPS/c17-18(19,13-11-15-7-3-1-4-8-15)14-12-16-9-5-2-6-10-16/h1-14H. The summed E-state index contributed by atoms with van der Waals surface area (Å²) < 4.78 is 0. The summed E-state index contributed by atoms with van der Waals surface area (Å²) >= 11 is 11.8. The highest BCUT2D eigenvalue weighted by Gasteiger charge is 2.02. The summed E-state index contributed by atoms with van der Waals surface area (Å²) in [4.78, 5) is 0. The predicted molar refractivity (Wildman–Crippen MR) is 91.1 cm³/mol. The average Bonchev–Trinajstić information content (AvgIpc) is 2.46. The Bertz CT molecular complexity index is 564. The van der Waals surface area contributed by atoms with E-state index in [1.54, 1.807) is 0 Å². The van der Waals surface area contributed by atoms with Gasteiger partial charge in [0, 0.05) is 0 Å². The SMILES string of the molecule is S=P(Cl)(C=Cc1ccccc1)C=Cc1ccccc1. The Kier molecular flexibility index (Phi) is 5.15. The number of benzene rings is 2. The fraction of sp³-hybridized carbons (Fsp3) is 0. The van der Waals surface area contributed by atoms with Gasteiger partial charge < -0.3 is 0 Å². The van der Waals surface area contributed by atoms with Crippen molar-refractivity contribution in [2.45, 2.75) is 0 Å². The predicted octanol–water partition coefficient (Wildman–Crippen LogP) is 5.96. The Balaban J connectivity index is 2.09. The quantitative estimate of drug-likeness (QED) is 0.628. The molecule has 2 aromatic carbocycles. The molecule has 0 aliphatic carbocycles. The van der Waals surface area contributed by atoms with Crippen LogP contribution in [0.1, 0.15) is 11.1 Å². The van der Waals surface area contributed by atoms with Crippen LogP contribution >= 0.6 is 16.6 Å². The number of hydrogen-bond acceptors (Lipinski definition) is 1. The minimum Gasteiger partial charge on any atom is -0.0768 e. The van der Waals surface area contributed by atoms with Gasteiger partial charge in [-0.3, -0.25) is 0 Å². The van der Waals surface area contributed by atoms with E-state index in [1.807, 2.05) is 84.4 Å². The van der Waals surface area contributed by atoms with E-state index in [0.717, 1.165) is 11.1 Å². The van der Waals surface area contributed by atoms with Gasteiger partial charge in [-0.15, -0.1) is 0 Å². The van der Waals surface area contributed by atoms with Crippen LogP contribution in [-0.4, -0.2) is 0 Å². The van der Waals surface area contributed by atoms with E-state index in [2.05, 4.69) is 0 Å². The fourth-order valence-electron chi connectivity index (χ4n) is 1.55. The molecule has 0 saturated heterocycles. The van der Waals surface area contributed by atoms with Crippen LogP contribution in [0.15, 0.2) is 72.3 Å². The van der Waals surface area contributed by atoms with Crippen LogP contribution in [0.5, 0.6) is 0 Å². The Morgan fingerprint density at radius 1 is 0.737 bits per heavy atom. The zero-order valence-electron chi connectivity index (χ0n) is 10.3. The molecule has 0 nitrogen and oxygen atoms in total. The van der Waals surface area contributed by atoms with Crippen LogP contribution < -0.4 is 0 Å². The first-order chi connectivity index (χ1) is 9.16. The van der Waals surface area contributed by atoms with Gasteiger partial charge in [-0.1, -0.05) is 95.9 Å². The maximum atomic E-state index is 6.39. The molecule has 96 valence electrons. The second-order valence-electron chi connectivity index (χ2n) is 4.08. The van der Waals surface area contributed by atoms with Crippen molar-refractivity contribution in [1.29, 1.82) is 0 Å². The fourth-order valence-corrected chi connectivity index (χ4v) is 3.11. The lowest BCUT2D eigenvalue weighted by Gasteiger charge is -2.02. The van der Waals surface area contributed by atoms with Crippen molar-refractivity contribution in [2.75, 3.05) is 0 Å². The first kappa shape index (κ1) is 14.3. The van der Waals surface area contributed by atoms with Crippen LogP contribution in [0, 0.1) is 0 Å². The molecule has 2 aromatic rings. The minimum atomic E-state index is -2.08. The average molecular weight is 305 g/mol. The summed E-state index contributed by atoms with van der Waals surface area (Å²) in [6.07, 6.45) is 3.98. The summed E-state index contributed by atoms with van der Waals surface area (Å²) in [6, 6.07) is 20.1. The molecule has 0 radical (unpaired) electrons. The smallest absolute Gasteiger partial charge is 0.0768 e. The lowest BCUT2D eigenvalue weighted by molar-refractivity contribution is 1.66. The molecule has 3 heteroatoms. The molecule has 0 amide bonds. The third-order valence-electron chi connectivity index (χ3n) is 2.54. The normalized spacial score (nSPS) is 14.8. The van der Waals surface area contributed by atoms with Gasteiger partial charge in [0.1, 0.15) is 0 Å². The molecular weight excluding hydrogens is 291 g/mol. The lowest BCUT2D eigenvalue weighted by atomic mass is 10.2. The molecule has 0 N–H and O–H groups in total. The molecule has 0 aromatic heterocycles. The molecule has 0 aliphatic heterocycles. The van der Waals surface area contributed by atoms with Gasteiger partial charge in [0.2, 0.25) is 0 Å².